The van der Waals surface area contributed by atoms with Gasteiger partial charge in [0.25, 0.3) is 0 Å². The molecule has 232 valence electrons. The van der Waals surface area contributed by atoms with Crippen molar-refractivity contribution in [3.8, 4) is 16.9 Å². The van der Waals surface area contributed by atoms with Gasteiger partial charge in [-0.15, -0.1) is 0 Å². The van der Waals surface area contributed by atoms with Crippen LogP contribution in [-0.2, 0) is 10.9 Å². The lowest BCUT2D eigenvalue weighted by molar-refractivity contribution is -0.223. The number of rotatable bonds is 10. The predicted octanol–water partition coefficient (Wildman–Crippen LogP) is 10.5. The number of hydrogen-bond acceptors (Lipinski definition) is 2. The van der Waals surface area contributed by atoms with Crippen LogP contribution in [0.2, 0.25) is 0 Å². The number of alkyl halides is 5. The van der Waals surface area contributed by atoms with Crippen molar-refractivity contribution in [1.82, 2.24) is 0 Å². The van der Waals surface area contributed by atoms with Gasteiger partial charge in [0, 0.05) is 18.2 Å². The van der Waals surface area contributed by atoms with Crippen molar-refractivity contribution in [3.05, 3.63) is 65.5 Å². The first kappa shape index (κ1) is 32.3. The number of benzene rings is 2. The average Bonchev–Trinajstić information content (AvgIpc) is 2.91. The van der Waals surface area contributed by atoms with E-state index in [1.807, 2.05) is 0 Å². The molecule has 4 rings (SSSR count). The fraction of sp³-hybridized carbons (Fsp3) is 0.562. The summed E-state index contributed by atoms with van der Waals surface area (Å²) in [6, 6.07) is 3.27. The fourth-order valence-corrected chi connectivity index (χ4v) is 5.84. The number of unbranched alkanes of at least 4 members (excludes halogenated alkanes) is 1. The van der Waals surface area contributed by atoms with Gasteiger partial charge in [0.05, 0.1) is 12.0 Å². The molecule has 0 atom stereocenters. The standard InChI is InChI=1S/C32H36F8O2/c1-2-3-16-41-24-12-8-21(9-13-24)5-4-20-6-10-23(11-7-20)32(39,40)42-25-14-15-26(27(33)19-25)22-17-28(34)30(29(35)18-22)31(36,37)38/h4-5,14-15,17-21,23-24H,2-3,6-13,16H2,1H3/b5-4+. The average molecular weight is 605 g/mol. The highest BCUT2D eigenvalue weighted by Crippen LogP contribution is 2.42. The molecule has 0 aliphatic heterocycles. The van der Waals surface area contributed by atoms with E-state index in [2.05, 4.69) is 19.1 Å². The number of ether oxygens (including phenoxy) is 2. The van der Waals surface area contributed by atoms with Gasteiger partial charge in [0.15, 0.2) is 0 Å². The molecule has 0 bridgehead atoms. The summed E-state index contributed by atoms with van der Waals surface area (Å²) in [5, 5.41) is 0. The van der Waals surface area contributed by atoms with Crippen LogP contribution in [0.5, 0.6) is 5.75 Å². The predicted molar refractivity (Wildman–Crippen MR) is 144 cm³/mol. The zero-order chi connectivity index (χ0) is 30.5. The second-order valence-corrected chi connectivity index (χ2v) is 11.4. The molecule has 2 aromatic rings. The summed E-state index contributed by atoms with van der Waals surface area (Å²) in [4.78, 5) is 0. The van der Waals surface area contributed by atoms with Gasteiger partial charge in [0.1, 0.15) is 28.8 Å². The largest absolute Gasteiger partial charge is 0.432 e. The minimum atomic E-state index is -5.27. The number of hydrogen-bond donors (Lipinski definition) is 0. The summed E-state index contributed by atoms with van der Waals surface area (Å²) < 4.78 is 122. The SMILES string of the molecule is CCCCOC1CCC(/C=C/C2CCC(C(F)(F)Oc3ccc(-c4cc(F)c(C(F)(F)F)c(F)c4)c(F)c3)CC2)CC1. The highest BCUT2D eigenvalue weighted by Gasteiger charge is 2.44. The fourth-order valence-electron chi connectivity index (χ4n) is 5.84. The Morgan fingerprint density at radius 2 is 1.33 bits per heavy atom. The monoisotopic (exact) mass is 604 g/mol. The molecule has 2 nitrogen and oxygen atoms in total. The van der Waals surface area contributed by atoms with Gasteiger partial charge in [-0.1, -0.05) is 25.5 Å². The molecule has 2 fully saturated rings. The first-order chi connectivity index (χ1) is 19.9. The first-order valence-corrected chi connectivity index (χ1v) is 14.6. The first-order valence-electron chi connectivity index (χ1n) is 14.6. The molecule has 2 aliphatic carbocycles. The van der Waals surface area contributed by atoms with Crippen molar-refractivity contribution in [2.75, 3.05) is 6.61 Å². The van der Waals surface area contributed by atoms with Crippen LogP contribution in [-0.4, -0.2) is 18.8 Å². The topological polar surface area (TPSA) is 18.5 Å². The molecule has 42 heavy (non-hydrogen) atoms. The van der Waals surface area contributed by atoms with Crippen molar-refractivity contribution >= 4 is 0 Å². The Labute approximate surface area is 241 Å². The second-order valence-electron chi connectivity index (χ2n) is 11.4. The Hall–Kier alpha value is -2.62. The van der Waals surface area contributed by atoms with E-state index in [0.717, 1.165) is 57.3 Å². The summed E-state index contributed by atoms with van der Waals surface area (Å²) in [6.45, 7) is 2.95. The minimum absolute atomic E-state index is 0.205. The van der Waals surface area contributed by atoms with Crippen LogP contribution < -0.4 is 4.74 Å². The highest BCUT2D eigenvalue weighted by atomic mass is 19.4. The maximum atomic E-state index is 15.0. The molecule has 0 spiro atoms. The van der Waals surface area contributed by atoms with E-state index in [0.29, 0.717) is 43.1 Å². The summed E-state index contributed by atoms with van der Waals surface area (Å²) in [7, 11) is 0. The highest BCUT2D eigenvalue weighted by molar-refractivity contribution is 5.66. The molecule has 0 unspecified atom stereocenters. The summed E-state index contributed by atoms with van der Waals surface area (Å²) in [5.41, 5.74) is -3.05. The third kappa shape index (κ3) is 8.26. The third-order valence-electron chi connectivity index (χ3n) is 8.30. The molecule has 2 aliphatic rings. The lowest BCUT2D eigenvalue weighted by Gasteiger charge is -2.32. The van der Waals surface area contributed by atoms with Gasteiger partial charge in [0.2, 0.25) is 0 Å². The maximum absolute atomic E-state index is 15.0. The summed E-state index contributed by atoms with van der Waals surface area (Å²) in [5.74, 6) is -5.87. The zero-order valence-electron chi connectivity index (χ0n) is 23.5. The van der Waals surface area contributed by atoms with Gasteiger partial charge in [-0.05, 0) is 99.5 Å². The quantitative estimate of drug-likeness (QED) is 0.153. The lowest BCUT2D eigenvalue weighted by atomic mass is 9.80. The molecule has 10 heteroatoms. The Morgan fingerprint density at radius 3 is 1.86 bits per heavy atom. The number of halogens is 8. The van der Waals surface area contributed by atoms with Crippen molar-refractivity contribution in [1.29, 1.82) is 0 Å². The van der Waals surface area contributed by atoms with Gasteiger partial charge in [-0.25, -0.2) is 13.2 Å². The Morgan fingerprint density at radius 1 is 0.762 bits per heavy atom. The molecule has 0 amide bonds. The van der Waals surface area contributed by atoms with E-state index < -0.39 is 58.1 Å². The molecule has 0 heterocycles. The van der Waals surface area contributed by atoms with Crippen LogP contribution in [0.1, 0.15) is 76.7 Å². The molecule has 0 aromatic heterocycles. The van der Waals surface area contributed by atoms with Crippen molar-refractivity contribution in [3.63, 3.8) is 0 Å². The molecule has 2 aromatic carbocycles. The van der Waals surface area contributed by atoms with E-state index in [4.69, 9.17) is 9.47 Å². The van der Waals surface area contributed by atoms with Crippen LogP contribution in [0, 0.1) is 35.2 Å². The van der Waals surface area contributed by atoms with Crippen molar-refractivity contribution < 1.29 is 44.6 Å². The van der Waals surface area contributed by atoms with E-state index >= 15 is 0 Å². The maximum Gasteiger partial charge on any atom is 0.422 e. The van der Waals surface area contributed by atoms with Crippen LogP contribution >= 0.6 is 0 Å². The smallest absolute Gasteiger partial charge is 0.422 e. The molecule has 2 saturated carbocycles. The van der Waals surface area contributed by atoms with Crippen LogP contribution in [0.4, 0.5) is 35.1 Å². The lowest BCUT2D eigenvalue weighted by Crippen LogP contribution is -2.37. The van der Waals surface area contributed by atoms with E-state index in [1.165, 1.54) is 0 Å². The second kappa shape index (κ2) is 13.8. The zero-order valence-corrected chi connectivity index (χ0v) is 23.5. The molecule has 0 radical (unpaired) electrons. The molecule has 0 N–H and O–H groups in total. The van der Waals surface area contributed by atoms with Crippen molar-refractivity contribution in [2.24, 2.45) is 17.8 Å². The van der Waals surface area contributed by atoms with Crippen molar-refractivity contribution in [2.45, 2.75) is 89.5 Å². The Balaban J connectivity index is 1.29. The van der Waals surface area contributed by atoms with E-state index in [1.54, 1.807) is 0 Å². The van der Waals surface area contributed by atoms with Crippen LogP contribution in [0.3, 0.4) is 0 Å². The molecule has 0 saturated heterocycles. The summed E-state index contributed by atoms with van der Waals surface area (Å²) in [6.07, 6.45) is 3.86. The normalized spacial score (nSPS) is 23.8. The van der Waals surface area contributed by atoms with Crippen LogP contribution in [0.25, 0.3) is 11.1 Å². The van der Waals surface area contributed by atoms with Gasteiger partial charge in [-0.3, -0.25) is 0 Å². The summed E-state index contributed by atoms with van der Waals surface area (Å²) >= 11 is 0. The van der Waals surface area contributed by atoms with E-state index in [9.17, 15) is 35.1 Å². The van der Waals surface area contributed by atoms with E-state index in [-0.39, 0.29) is 18.8 Å². The molecular formula is C32H36F8O2. The van der Waals surface area contributed by atoms with Gasteiger partial charge >= 0.3 is 12.3 Å². The molecular weight excluding hydrogens is 568 g/mol. The third-order valence-corrected chi connectivity index (χ3v) is 8.30. The minimum Gasteiger partial charge on any atom is -0.432 e. The van der Waals surface area contributed by atoms with Gasteiger partial charge in [-0.2, -0.15) is 22.0 Å². The van der Waals surface area contributed by atoms with Crippen LogP contribution in [0.15, 0.2) is 42.5 Å². The number of allylic oxidation sites excluding steroid dienone is 2. The Bertz CT molecular complexity index is 1190. The van der Waals surface area contributed by atoms with Gasteiger partial charge < -0.3 is 9.47 Å². The Kier molecular flexibility index (Phi) is 10.6.